The van der Waals surface area contributed by atoms with Crippen molar-refractivity contribution in [1.29, 1.82) is 0 Å². The van der Waals surface area contributed by atoms with Crippen LogP contribution in [0.1, 0.15) is 6.23 Å². The summed E-state index contributed by atoms with van der Waals surface area (Å²) in [4.78, 5) is 49.2. The Labute approximate surface area is 184 Å². The van der Waals surface area contributed by atoms with Crippen molar-refractivity contribution < 1.29 is 74.5 Å². The Hall–Kier alpha value is -0.820. The average molecular weight is 568 g/mol. The Morgan fingerprint density at radius 1 is 1.18 bits per heavy atom. The molecular formula is C10H14F3N2O14P3S. The van der Waals surface area contributed by atoms with Crippen LogP contribution in [0.2, 0.25) is 0 Å². The molecule has 0 aliphatic carbocycles. The SMILES string of the molecule is O=c1[nH]c(=S)ccn1C1OC(COP(=O)(O)OP(=O)(O)OP(=O)(O)O)C(O)C1(O)C(F)(F)F. The average Bonchev–Trinajstić information content (AvgIpc) is 2.82. The molecule has 7 N–H and O–H groups in total. The molecule has 0 bridgehead atoms. The molecule has 1 aliphatic heterocycles. The van der Waals surface area contributed by atoms with Crippen LogP contribution in [0.3, 0.4) is 0 Å². The summed E-state index contributed by atoms with van der Waals surface area (Å²) in [6.07, 6.45) is -12.9. The van der Waals surface area contributed by atoms with Crippen molar-refractivity contribution in [2.75, 3.05) is 6.61 Å². The van der Waals surface area contributed by atoms with Crippen LogP contribution in [0.15, 0.2) is 17.1 Å². The Kier molecular flexibility index (Phi) is 8.03. The first kappa shape index (κ1) is 28.4. The molecule has 2 rings (SSSR count). The maximum Gasteiger partial charge on any atom is 0.490 e. The third-order valence-electron chi connectivity index (χ3n) is 3.86. The van der Waals surface area contributed by atoms with Gasteiger partial charge in [-0.2, -0.15) is 21.8 Å². The van der Waals surface area contributed by atoms with Gasteiger partial charge in [0.25, 0.3) is 0 Å². The highest BCUT2D eigenvalue weighted by Gasteiger charge is 2.71. The fraction of sp³-hybridized carbons (Fsp3) is 0.600. The summed E-state index contributed by atoms with van der Waals surface area (Å²) in [7, 11) is -17.4. The maximum absolute atomic E-state index is 13.6. The molecule has 1 aromatic heterocycles. The highest BCUT2D eigenvalue weighted by atomic mass is 32.1. The minimum atomic E-state index is -5.93. The second-order valence-corrected chi connectivity index (χ2v) is 11.1. The van der Waals surface area contributed by atoms with E-state index >= 15 is 0 Å². The molecule has 0 saturated carbocycles. The number of nitrogens with zero attached hydrogens (tertiary/aromatic N) is 1. The number of ether oxygens (including phenoxy) is 1. The molecule has 1 aromatic rings. The number of phosphoric ester groups is 1. The number of phosphoric acid groups is 3. The van der Waals surface area contributed by atoms with Gasteiger partial charge >= 0.3 is 35.3 Å². The first-order valence-corrected chi connectivity index (χ1v) is 12.8. The Bertz CT molecular complexity index is 1150. The summed E-state index contributed by atoms with van der Waals surface area (Å²) in [6.45, 7) is -1.53. The van der Waals surface area contributed by atoms with Crippen LogP contribution in [-0.4, -0.2) is 69.9 Å². The molecule has 0 spiro atoms. The van der Waals surface area contributed by atoms with Gasteiger partial charge in [-0.15, -0.1) is 0 Å². The number of alkyl halides is 3. The molecule has 6 atom stereocenters. The van der Waals surface area contributed by atoms with Crippen molar-refractivity contribution in [3.63, 3.8) is 0 Å². The lowest BCUT2D eigenvalue weighted by Crippen LogP contribution is -2.58. The predicted molar refractivity (Wildman–Crippen MR) is 96.6 cm³/mol. The third-order valence-corrected chi connectivity index (χ3v) is 7.90. The number of rotatable bonds is 8. The van der Waals surface area contributed by atoms with Crippen molar-refractivity contribution in [3.8, 4) is 0 Å². The van der Waals surface area contributed by atoms with Crippen molar-refractivity contribution in [2.24, 2.45) is 0 Å². The van der Waals surface area contributed by atoms with Gasteiger partial charge in [-0.05, 0) is 6.07 Å². The van der Waals surface area contributed by atoms with Crippen LogP contribution in [0.4, 0.5) is 13.2 Å². The molecule has 33 heavy (non-hydrogen) atoms. The van der Waals surface area contributed by atoms with E-state index in [0.29, 0.717) is 6.20 Å². The molecule has 6 unspecified atom stereocenters. The Morgan fingerprint density at radius 3 is 2.24 bits per heavy atom. The highest BCUT2D eigenvalue weighted by molar-refractivity contribution is 7.71. The summed E-state index contributed by atoms with van der Waals surface area (Å²) in [6, 6.07) is 0.947. The minimum absolute atomic E-state index is 0.178. The Morgan fingerprint density at radius 2 is 1.76 bits per heavy atom. The van der Waals surface area contributed by atoms with E-state index in [1.165, 1.54) is 0 Å². The van der Waals surface area contributed by atoms with Crippen LogP contribution in [0.25, 0.3) is 0 Å². The van der Waals surface area contributed by atoms with E-state index in [1.54, 1.807) is 0 Å². The topological polar surface area (TPSA) is 247 Å². The van der Waals surface area contributed by atoms with Gasteiger partial charge in [0.2, 0.25) is 5.60 Å². The standard InChI is InChI=1S/C10H14F3N2O14P3S/c11-10(12,13)9(18)6(16)4(27-7(9)15-2-1-5(33)14-8(15)17)3-26-31(22,23)29-32(24,25)28-30(19,20)21/h1-2,4,6-7,16,18H,3H2,(H,22,23)(H,24,25)(H,14,17,33)(H2,19,20,21). The summed E-state index contributed by atoms with van der Waals surface area (Å²) in [5.41, 5.74) is -5.46. The van der Waals surface area contributed by atoms with Gasteiger partial charge in [-0.25, -0.2) is 18.5 Å². The fourth-order valence-corrected chi connectivity index (χ4v) is 5.75. The van der Waals surface area contributed by atoms with Crippen LogP contribution >= 0.6 is 35.7 Å². The van der Waals surface area contributed by atoms with E-state index in [1.807, 2.05) is 4.98 Å². The predicted octanol–water partition coefficient (Wildman–Crippen LogP) is -0.199. The lowest BCUT2D eigenvalue weighted by molar-refractivity contribution is -0.304. The van der Waals surface area contributed by atoms with Gasteiger partial charge in [0.05, 0.1) is 6.61 Å². The van der Waals surface area contributed by atoms with Gasteiger partial charge in [0, 0.05) is 6.20 Å². The number of aliphatic hydroxyl groups is 2. The summed E-state index contributed by atoms with van der Waals surface area (Å²) in [5, 5.41) is 20.2. The number of aromatic nitrogens is 2. The monoisotopic (exact) mass is 568 g/mol. The molecule has 2 heterocycles. The van der Waals surface area contributed by atoms with Crippen LogP contribution < -0.4 is 5.69 Å². The normalized spacial score (nSPS) is 30.0. The number of hydrogen-bond acceptors (Lipinski definition) is 11. The van der Waals surface area contributed by atoms with Crippen molar-refractivity contribution >= 4 is 35.7 Å². The molecule has 1 fully saturated rings. The smallest absolute Gasteiger partial charge is 0.387 e. The first-order valence-electron chi connectivity index (χ1n) is 7.91. The second-order valence-electron chi connectivity index (χ2n) is 6.20. The molecule has 1 saturated heterocycles. The molecule has 0 radical (unpaired) electrons. The zero-order valence-corrected chi connectivity index (χ0v) is 18.9. The summed E-state index contributed by atoms with van der Waals surface area (Å²) in [5.74, 6) is 0. The van der Waals surface area contributed by atoms with E-state index in [2.05, 4.69) is 25.4 Å². The number of nitrogens with one attached hydrogen (secondary N) is 1. The zero-order valence-electron chi connectivity index (χ0n) is 15.4. The molecule has 23 heteroatoms. The lowest BCUT2D eigenvalue weighted by atomic mass is 9.93. The van der Waals surface area contributed by atoms with E-state index in [0.717, 1.165) is 6.07 Å². The maximum atomic E-state index is 13.6. The number of aliphatic hydroxyl groups excluding tert-OH is 1. The molecule has 0 amide bonds. The minimum Gasteiger partial charge on any atom is -0.387 e. The zero-order chi connectivity index (χ0) is 25.6. The van der Waals surface area contributed by atoms with Crippen molar-refractivity contribution in [1.82, 2.24) is 9.55 Å². The van der Waals surface area contributed by atoms with E-state index in [4.69, 9.17) is 19.4 Å². The number of halogens is 3. The van der Waals surface area contributed by atoms with E-state index in [9.17, 15) is 46.8 Å². The third kappa shape index (κ3) is 6.65. The van der Waals surface area contributed by atoms with Gasteiger partial charge in [0.1, 0.15) is 16.8 Å². The molecular weight excluding hydrogens is 554 g/mol. The Balaban J connectivity index is 2.29. The molecule has 0 aromatic carbocycles. The quantitative estimate of drug-likeness (QED) is 0.159. The summed E-state index contributed by atoms with van der Waals surface area (Å²) < 4.78 is 90.1. The highest BCUT2D eigenvalue weighted by Crippen LogP contribution is 2.66. The van der Waals surface area contributed by atoms with Gasteiger partial charge in [0.15, 0.2) is 6.23 Å². The second kappa shape index (κ2) is 9.33. The fourth-order valence-electron chi connectivity index (χ4n) is 2.57. The van der Waals surface area contributed by atoms with Crippen molar-refractivity contribution in [3.05, 3.63) is 27.4 Å². The molecule has 190 valence electrons. The molecule has 1 aliphatic rings. The lowest BCUT2D eigenvalue weighted by Gasteiger charge is -2.33. The van der Waals surface area contributed by atoms with E-state index < -0.39 is 66.0 Å². The number of aromatic amines is 1. The largest absolute Gasteiger partial charge is 0.490 e. The van der Waals surface area contributed by atoms with Crippen molar-refractivity contribution in [2.45, 2.75) is 30.2 Å². The first-order chi connectivity index (χ1) is 14.7. The van der Waals surface area contributed by atoms with Crippen LogP contribution in [-0.2, 0) is 31.6 Å². The summed E-state index contributed by atoms with van der Waals surface area (Å²) >= 11 is 4.63. The number of hydrogen-bond donors (Lipinski definition) is 7. The van der Waals surface area contributed by atoms with Gasteiger partial charge < -0.3 is 34.5 Å². The van der Waals surface area contributed by atoms with Crippen LogP contribution in [0.5, 0.6) is 0 Å². The van der Waals surface area contributed by atoms with Gasteiger partial charge in [-0.3, -0.25) is 14.1 Å². The van der Waals surface area contributed by atoms with E-state index in [-0.39, 0.29) is 9.21 Å². The van der Waals surface area contributed by atoms with Crippen LogP contribution in [0, 0.1) is 4.64 Å². The van der Waals surface area contributed by atoms with Gasteiger partial charge in [-0.1, -0.05) is 12.2 Å². The number of H-pyrrole nitrogens is 1. The molecule has 16 nitrogen and oxygen atoms in total.